The Kier molecular flexibility index (Phi) is 2.61. The molecule has 4 fully saturated rings. The van der Waals surface area contributed by atoms with Crippen molar-refractivity contribution in [1.29, 1.82) is 0 Å². The molecule has 5 rings (SSSR count). The van der Waals surface area contributed by atoms with Crippen LogP contribution >= 0.6 is 0 Å². The number of hydrogen-bond donors (Lipinski definition) is 1. The van der Waals surface area contributed by atoms with Crippen molar-refractivity contribution in [3.63, 3.8) is 0 Å². The monoisotopic (exact) mass is 282 g/mol. The third-order valence-electron chi connectivity index (χ3n) is 6.96. The Labute approximate surface area is 127 Å². The second-order valence-corrected chi connectivity index (χ2v) is 8.07. The van der Waals surface area contributed by atoms with Gasteiger partial charge in [-0.3, -0.25) is 4.90 Å². The number of piperazine rings is 1. The van der Waals surface area contributed by atoms with E-state index < -0.39 is 0 Å². The van der Waals surface area contributed by atoms with Gasteiger partial charge in [0.1, 0.15) is 0 Å². The molecular formula is C19H26N2. The number of nitrogens with one attached hydrogen (secondary N) is 1. The average molecular weight is 282 g/mol. The molecular weight excluding hydrogens is 256 g/mol. The first-order valence-electron chi connectivity index (χ1n) is 8.81. The van der Waals surface area contributed by atoms with Gasteiger partial charge >= 0.3 is 0 Å². The first-order valence-corrected chi connectivity index (χ1v) is 8.81. The molecule has 5 unspecified atom stereocenters. The lowest BCUT2D eigenvalue weighted by molar-refractivity contribution is 0.117. The predicted octanol–water partition coefficient (Wildman–Crippen LogP) is 2.85. The van der Waals surface area contributed by atoms with Crippen LogP contribution in [0.4, 0.5) is 0 Å². The predicted molar refractivity (Wildman–Crippen MR) is 85.0 cm³/mol. The van der Waals surface area contributed by atoms with E-state index in [4.69, 9.17) is 0 Å². The van der Waals surface area contributed by atoms with Crippen molar-refractivity contribution in [2.75, 3.05) is 19.6 Å². The largest absolute Gasteiger partial charge is 0.305 e. The normalized spacial score (nSPS) is 48.3. The summed E-state index contributed by atoms with van der Waals surface area (Å²) < 4.78 is 0. The zero-order valence-electron chi connectivity index (χ0n) is 13.0. The standard InChI is InChI=1S/C19H26N2/c1-19(15-5-3-2-4-6-15)12-21(10-9-20-19)18-16-13-7-8-14(11-13)17(16)18/h2-6,13-14,16-18,20H,7-12H2,1H3. The Bertz CT molecular complexity index is 526. The van der Waals surface area contributed by atoms with E-state index in [1.54, 1.807) is 6.42 Å². The number of hydrogen-bond acceptors (Lipinski definition) is 2. The highest BCUT2D eigenvalue weighted by atomic mass is 15.3. The summed E-state index contributed by atoms with van der Waals surface area (Å²) in [5, 5.41) is 3.79. The molecule has 21 heavy (non-hydrogen) atoms. The zero-order valence-corrected chi connectivity index (χ0v) is 13.0. The molecule has 1 aromatic carbocycles. The van der Waals surface area contributed by atoms with Gasteiger partial charge < -0.3 is 5.32 Å². The molecule has 4 aliphatic rings. The zero-order chi connectivity index (χ0) is 14.0. The van der Waals surface area contributed by atoms with Gasteiger partial charge in [-0.2, -0.15) is 0 Å². The van der Waals surface area contributed by atoms with Crippen LogP contribution in [0.3, 0.4) is 0 Å². The number of rotatable bonds is 2. The quantitative estimate of drug-likeness (QED) is 0.897. The van der Waals surface area contributed by atoms with E-state index in [9.17, 15) is 0 Å². The van der Waals surface area contributed by atoms with E-state index in [1.807, 2.05) is 0 Å². The summed E-state index contributed by atoms with van der Waals surface area (Å²) in [7, 11) is 0. The van der Waals surface area contributed by atoms with E-state index in [-0.39, 0.29) is 5.54 Å². The summed E-state index contributed by atoms with van der Waals surface area (Å²) >= 11 is 0. The molecule has 112 valence electrons. The van der Waals surface area contributed by atoms with Crippen LogP contribution in [0, 0.1) is 23.7 Å². The maximum absolute atomic E-state index is 3.79. The first kappa shape index (κ1) is 12.7. The minimum atomic E-state index is 0.134. The molecule has 1 heterocycles. The molecule has 1 saturated heterocycles. The summed E-state index contributed by atoms with van der Waals surface area (Å²) in [4.78, 5) is 2.84. The molecule has 3 saturated carbocycles. The number of nitrogens with zero attached hydrogens (tertiary/aromatic N) is 1. The molecule has 1 aliphatic heterocycles. The van der Waals surface area contributed by atoms with Crippen molar-refractivity contribution < 1.29 is 0 Å². The van der Waals surface area contributed by atoms with Crippen LogP contribution in [0.5, 0.6) is 0 Å². The van der Waals surface area contributed by atoms with Gasteiger partial charge in [0.2, 0.25) is 0 Å². The molecule has 0 aromatic heterocycles. The Morgan fingerprint density at radius 3 is 2.52 bits per heavy atom. The van der Waals surface area contributed by atoms with Crippen LogP contribution in [0.2, 0.25) is 0 Å². The SMILES string of the molecule is CC1(c2ccccc2)CN(C2C3C4CCC(C4)C32)CCN1. The maximum Gasteiger partial charge on any atom is 0.0535 e. The molecule has 2 heteroatoms. The molecule has 1 aromatic rings. The van der Waals surface area contributed by atoms with Crippen LogP contribution in [0.25, 0.3) is 0 Å². The van der Waals surface area contributed by atoms with Gasteiger partial charge in [0.15, 0.2) is 0 Å². The fraction of sp³-hybridized carbons (Fsp3) is 0.684. The molecule has 2 nitrogen and oxygen atoms in total. The number of fused-ring (bicyclic) bond motifs is 5. The topological polar surface area (TPSA) is 15.3 Å². The van der Waals surface area contributed by atoms with Crippen molar-refractivity contribution in [1.82, 2.24) is 10.2 Å². The third-order valence-corrected chi connectivity index (χ3v) is 6.96. The van der Waals surface area contributed by atoms with Crippen LogP contribution in [0.15, 0.2) is 30.3 Å². The van der Waals surface area contributed by atoms with E-state index in [0.29, 0.717) is 0 Å². The highest BCUT2D eigenvalue weighted by molar-refractivity contribution is 5.26. The van der Waals surface area contributed by atoms with Gasteiger partial charge in [0.05, 0.1) is 5.54 Å². The Morgan fingerprint density at radius 1 is 1.10 bits per heavy atom. The van der Waals surface area contributed by atoms with Gasteiger partial charge in [-0.25, -0.2) is 0 Å². The second kappa shape index (κ2) is 4.33. The van der Waals surface area contributed by atoms with Gasteiger partial charge in [-0.1, -0.05) is 30.3 Å². The minimum absolute atomic E-state index is 0.134. The summed E-state index contributed by atoms with van der Waals surface area (Å²) in [6, 6.07) is 12.0. The lowest BCUT2D eigenvalue weighted by atomic mass is 9.89. The molecule has 1 N–H and O–H groups in total. The van der Waals surface area contributed by atoms with Crippen molar-refractivity contribution in [2.45, 2.75) is 37.8 Å². The van der Waals surface area contributed by atoms with Crippen molar-refractivity contribution in [3.05, 3.63) is 35.9 Å². The Hall–Kier alpha value is -0.860. The van der Waals surface area contributed by atoms with E-state index in [2.05, 4.69) is 47.5 Å². The lowest BCUT2D eigenvalue weighted by Crippen LogP contribution is -2.57. The minimum Gasteiger partial charge on any atom is -0.305 e. The van der Waals surface area contributed by atoms with Gasteiger partial charge in [0, 0.05) is 25.7 Å². The van der Waals surface area contributed by atoms with Gasteiger partial charge in [-0.15, -0.1) is 0 Å². The fourth-order valence-corrected chi connectivity index (χ4v) is 6.04. The highest BCUT2D eigenvalue weighted by Crippen LogP contribution is 2.67. The molecule has 3 aliphatic carbocycles. The summed E-state index contributed by atoms with van der Waals surface area (Å²) in [6.07, 6.45) is 4.63. The maximum atomic E-state index is 3.79. The second-order valence-electron chi connectivity index (χ2n) is 8.07. The van der Waals surface area contributed by atoms with Gasteiger partial charge in [0.25, 0.3) is 0 Å². The molecule has 0 radical (unpaired) electrons. The fourth-order valence-electron chi connectivity index (χ4n) is 6.04. The van der Waals surface area contributed by atoms with E-state index >= 15 is 0 Å². The summed E-state index contributed by atoms with van der Waals surface area (Å²) in [5.74, 6) is 4.31. The molecule has 0 spiro atoms. The lowest BCUT2D eigenvalue weighted by Gasteiger charge is -2.43. The van der Waals surface area contributed by atoms with Crippen molar-refractivity contribution >= 4 is 0 Å². The molecule has 2 bridgehead atoms. The average Bonchev–Trinajstić information content (AvgIpc) is 2.96. The summed E-state index contributed by atoms with van der Waals surface area (Å²) in [5.41, 5.74) is 1.58. The first-order chi connectivity index (χ1) is 10.3. The van der Waals surface area contributed by atoms with E-state index in [0.717, 1.165) is 36.3 Å². The molecule has 0 amide bonds. The van der Waals surface area contributed by atoms with Crippen molar-refractivity contribution in [2.24, 2.45) is 23.7 Å². The van der Waals surface area contributed by atoms with E-state index in [1.165, 1.54) is 31.5 Å². The molecule has 5 atom stereocenters. The van der Waals surface area contributed by atoms with Crippen LogP contribution in [-0.2, 0) is 5.54 Å². The van der Waals surface area contributed by atoms with Crippen LogP contribution in [0.1, 0.15) is 31.7 Å². The smallest absolute Gasteiger partial charge is 0.0535 e. The van der Waals surface area contributed by atoms with Crippen LogP contribution in [-0.4, -0.2) is 30.6 Å². The summed E-state index contributed by atoms with van der Waals surface area (Å²) in [6.45, 7) is 5.96. The van der Waals surface area contributed by atoms with Crippen molar-refractivity contribution in [3.8, 4) is 0 Å². The van der Waals surface area contributed by atoms with Gasteiger partial charge in [-0.05, 0) is 55.4 Å². The highest BCUT2D eigenvalue weighted by Gasteiger charge is 2.66. The Balaban J connectivity index is 1.36. The number of benzene rings is 1. The Morgan fingerprint density at radius 2 is 1.81 bits per heavy atom. The third kappa shape index (κ3) is 1.78. The van der Waals surface area contributed by atoms with Crippen LogP contribution < -0.4 is 5.32 Å².